The molecule has 4 aromatic rings. The van der Waals surface area contributed by atoms with Gasteiger partial charge in [-0.05, 0) is 48.5 Å². The molecule has 36 heavy (non-hydrogen) atoms. The highest BCUT2D eigenvalue weighted by Crippen LogP contribution is 2.42. The maximum Gasteiger partial charge on any atom is 0.294 e. The number of hydrogen-bond acceptors (Lipinski definition) is 8. The number of benzene rings is 4. The minimum atomic E-state index is -4.45. The van der Waals surface area contributed by atoms with Gasteiger partial charge in [-0.25, -0.2) is 0 Å². The van der Waals surface area contributed by atoms with Crippen molar-refractivity contribution < 1.29 is 35.4 Å². The molecule has 0 radical (unpaired) electrons. The second-order valence-corrected chi connectivity index (χ2v) is 10.5. The van der Waals surface area contributed by atoms with Crippen molar-refractivity contribution in [2.45, 2.75) is 9.79 Å². The van der Waals surface area contributed by atoms with Crippen LogP contribution >= 0.6 is 0 Å². The summed E-state index contributed by atoms with van der Waals surface area (Å²) >= 11 is 0. The first-order valence-corrected chi connectivity index (χ1v) is 13.1. The summed E-state index contributed by atoms with van der Waals surface area (Å²) in [6.45, 7) is 0. The van der Waals surface area contributed by atoms with Gasteiger partial charge in [0.05, 0.1) is 9.79 Å². The van der Waals surface area contributed by atoms with E-state index in [2.05, 4.69) is 0 Å². The van der Waals surface area contributed by atoms with E-state index in [0.717, 1.165) is 12.1 Å². The van der Waals surface area contributed by atoms with E-state index in [1.807, 2.05) is 0 Å². The lowest BCUT2D eigenvalue weighted by Gasteiger charge is -2.17. The van der Waals surface area contributed by atoms with Gasteiger partial charge >= 0.3 is 0 Å². The number of nitrogen functional groups attached to an aromatic ring is 2. The number of ether oxygens (including phenoxy) is 2. The lowest BCUT2D eigenvalue weighted by atomic mass is 10.0. The molecule has 0 aliphatic rings. The Bertz CT molecular complexity index is 1540. The summed E-state index contributed by atoms with van der Waals surface area (Å²) in [5.41, 5.74) is 13.6. The van der Waals surface area contributed by atoms with Crippen molar-refractivity contribution in [3.8, 4) is 34.1 Å². The molecule has 0 unspecified atom stereocenters. The Morgan fingerprint density at radius 1 is 0.556 bits per heavy atom. The van der Waals surface area contributed by atoms with Crippen LogP contribution in [-0.2, 0) is 20.2 Å². The van der Waals surface area contributed by atoms with Gasteiger partial charge in [-0.15, -0.1) is 0 Å². The molecular formula is C24H20N2O8S2. The second kappa shape index (κ2) is 9.51. The molecule has 0 aromatic heterocycles. The summed E-state index contributed by atoms with van der Waals surface area (Å²) in [7, 11) is -8.89. The van der Waals surface area contributed by atoms with E-state index < -0.39 is 20.2 Å². The van der Waals surface area contributed by atoms with E-state index in [4.69, 9.17) is 20.9 Å². The third-order valence-corrected chi connectivity index (χ3v) is 6.66. The van der Waals surface area contributed by atoms with Crippen LogP contribution in [0.4, 0.5) is 11.4 Å². The zero-order valence-corrected chi connectivity index (χ0v) is 20.0. The second-order valence-electron chi connectivity index (χ2n) is 7.62. The lowest BCUT2D eigenvalue weighted by Crippen LogP contribution is -1.99. The van der Waals surface area contributed by atoms with Crippen molar-refractivity contribution in [3.05, 3.63) is 84.9 Å². The largest absolute Gasteiger partial charge is 0.457 e. The maximum atomic E-state index is 11.5. The molecule has 0 heterocycles. The van der Waals surface area contributed by atoms with Crippen LogP contribution in [0, 0.1) is 0 Å². The Hall–Kier alpha value is -4.10. The monoisotopic (exact) mass is 528 g/mol. The molecule has 12 heteroatoms. The first-order chi connectivity index (χ1) is 16.9. The van der Waals surface area contributed by atoms with Gasteiger partial charge in [0, 0.05) is 46.8 Å². The van der Waals surface area contributed by atoms with Gasteiger partial charge in [-0.1, -0.05) is 12.1 Å². The van der Waals surface area contributed by atoms with Gasteiger partial charge in [-0.3, -0.25) is 9.11 Å². The van der Waals surface area contributed by atoms with Crippen molar-refractivity contribution >= 4 is 31.6 Å². The molecule has 0 saturated carbocycles. The fourth-order valence-corrected chi connectivity index (χ4v) is 4.37. The molecule has 0 bridgehead atoms. The van der Waals surface area contributed by atoms with Crippen LogP contribution in [0.1, 0.15) is 0 Å². The zero-order valence-electron chi connectivity index (χ0n) is 18.4. The van der Waals surface area contributed by atoms with Crippen molar-refractivity contribution in [2.75, 3.05) is 11.5 Å². The molecule has 0 aliphatic carbocycles. The van der Waals surface area contributed by atoms with Gasteiger partial charge in [0.2, 0.25) is 0 Å². The quantitative estimate of drug-likeness (QED) is 0.196. The van der Waals surface area contributed by atoms with Crippen molar-refractivity contribution in [3.63, 3.8) is 0 Å². The Balaban J connectivity index is 1.79. The fourth-order valence-electron chi connectivity index (χ4n) is 3.34. The molecule has 6 N–H and O–H groups in total. The lowest BCUT2D eigenvalue weighted by molar-refractivity contribution is 0.468. The van der Waals surface area contributed by atoms with Gasteiger partial charge < -0.3 is 20.9 Å². The van der Waals surface area contributed by atoms with Crippen LogP contribution < -0.4 is 20.9 Å². The SMILES string of the molecule is Nc1ccc(-c2ccc(N)cc2Oc2cccc(S(=O)(=O)O)c2)c(Oc2cccc(S(=O)(=O)O)c2)c1. The van der Waals surface area contributed by atoms with Crippen LogP contribution in [0.3, 0.4) is 0 Å². The van der Waals surface area contributed by atoms with Crippen molar-refractivity contribution in [1.82, 2.24) is 0 Å². The average molecular weight is 529 g/mol. The molecular weight excluding hydrogens is 508 g/mol. The molecule has 0 aliphatic heterocycles. The van der Waals surface area contributed by atoms with E-state index in [1.165, 1.54) is 48.5 Å². The molecule has 0 atom stereocenters. The van der Waals surface area contributed by atoms with Gasteiger partial charge in [-0.2, -0.15) is 16.8 Å². The molecule has 4 rings (SSSR count). The average Bonchev–Trinajstić information content (AvgIpc) is 2.79. The standard InChI is InChI=1S/C24H20N2O8S2/c25-15-7-9-21(23(11-15)33-17-3-1-5-19(13-17)35(27,28)29)22-10-8-16(26)12-24(22)34-18-4-2-6-20(14-18)36(30,31)32/h1-14H,25-26H2,(H,27,28,29)(H,30,31,32). The molecule has 10 nitrogen and oxygen atoms in total. The van der Waals surface area contributed by atoms with Gasteiger partial charge in [0.25, 0.3) is 20.2 Å². The highest BCUT2D eigenvalue weighted by Gasteiger charge is 2.17. The summed E-state index contributed by atoms with van der Waals surface area (Å²) < 4.78 is 76.6. The molecule has 186 valence electrons. The summed E-state index contributed by atoms with van der Waals surface area (Å²) in [4.78, 5) is -0.693. The minimum Gasteiger partial charge on any atom is -0.457 e. The van der Waals surface area contributed by atoms with Gasteiger partial charge in [0.15, 0.2) is 0 Å². The molecule has 0 saturated heterocycles. The fraction of sp³-hybridized carbons (Fsp3) is 0. The van der Waals surface area contributed by atoms with Crippen LogP contribution in [0.5, 0.6) is 23.0 Å². The smallest absolute Gasteiger partial charge is 0.294 e. The Morgan fingerprint density at radius 3 is 1.31 bits per heavy atom. The maximum absolute atomic E-state index is 11.5. The zero-order chi connectivity index (χ0) is 26.1. The predicted molar refractivity (Wildman–Crippen MR) is 133 cm³/mol. The molecule has 0 amide bonds. The highest BCUT2D eigenvalue weighted by atomic mass is 32.2. The van der Waals surface area contributed by atoms with Crippen LogP contribution in [-0.4, -0.2) is 25.9 Å². The first-order valence-electron chi connectivity index (χ1n) is 10.2. The predicted octanol–water partition coefficient (Wildman–Crippen LogP) is 4.60. The summed E-state index contributed by atoms with van der Waals surface area (Å²) in [6.07, 6.45) is 0. The van der Waals surface area contributed by atoms with Crippen molar-refractivity contribution in [2.24, 2.45) is 0 Å². The van der Waals surface area contributed by atoms with Crippen molar-refractivity contribution in [1.29, 1.82) is 0 Å². The number of hydrogen-bond donors (Lipinski definition) is 4. The molecule has 0 spiro atoms. The Labute approximate surface area is 207 Å². The third-order valence-electron chi connectivity index (χ3n) is 4.96. The van der Waals surface area contributed by atoms with E-state index in [1.54, 1.807) is 24.3 Å². The van der Waals surface area contributed by atoms with E-state index in [0.29, 0.717) is 22.5 Å². The van der Waals surface area contributed by atoms with Gasteiger partial charge in [0.1, 0.15) is 23.0 Å². The summed E-state index contributed by atoms with van der Waals surface area (Å²) in [6, 6.07) is 20.2. The topological polar surface area (TPSA) is 179 Å². The van der Waals surface area contributed by atoms with Crippen LogP contribution in [0.2, 0.25) is 0 Å². The number of nitrogens with two attached hydrogens (primary N) is 2. The summed E-state index contributed by atoms with van der Waals surface area (Å²) in [5.74, 6) is 0.721. The number of anilines is 2. The highest BCUT2D eigenvalue weighted by molar-refractivity contribution is 7.86. The van der Waals surface area contributed by atoms with E-state index in [9.17, 15) is 25.9 Å². The first kappa shape index (κ1) is 25.0. The Kier molecular flexibility index (Phi) is 6.61. The third kappa shape index (κ3) is 5.75. The minimum absolute atomic E-state index is 0.121. The summed E-state index contributed by atoms with van der Waals surface area (Å²) in [5, 5.41) is 0. The number of rotatable bonds is 7. The molecule has 0 fully saturated rings. The van der Waals surface area contributed by atoms with Crippen LogP contribution in [0.25, 0.3) is 11.1 Å². The van der Waals surface area contributed by atoms with E-state index in [-0.39, 0.29) is 32.8 Å². The van der Waals surface area contributed by atoms with E-state index >= 15 is 0 Å². The normalized spacial score (nSPS) is 11.7. The van der Waals surface area contributed by atoms with Crippen LogP contribution in [0.15, 0.2) is 94.7 Å². The molecule has 4 aromatic carbocycles. The Morgan fingerprint density at radius 2 is 0.944 bits per heavy atom.